The van der Waals surface area contributed by atoms with Crippen molar-refractivity contribution in [2.24, 2.45) is 0 Å². The van der Waals surface area contributed by atoms with Crippen molar-refractivity contribution >= 4 is 39.2 Å². The fourth-order valence-corrected chi connectivity index (χ4v) is 2.64. The molecule has 0 radical (unpaired) electrons. The van der Waals surface area contributed by atoms with Crippen LogP contribution in [0.4, 0.5) is 5.69 Å². The molecule has 20 heavy (non-hydrogen) atoms. The van der Waals surface area contributed by atoms with Crippen LogP contribution in [0, 0.1) is 0 Å². The summed E-state index contributed by atoms with van der Waals surface area (Å²) in [6.45, 7) is 5.39. The van der Waals surface area contributed by atoms with Gasteiger partial charge in [-0.3, -0.25) is 19.3 Å². The molecule has 0 atom stereocenters. The predicted molar refractivity (Wildman–Crippen MR) is 78.7 cm³/mol. The number of anilines is 1. The average molecular weight is 339 g/mol. The van der Waals surface area contributed by atoms with Gasteiger partial charge in [0.15, 0.2) is 0 Å². The van der Waals surface area contributed by atoms with Crippen molar-refractivity contribution in [1.82, 2.24) is 5.32 Å². The number of nitrogens with one attached hydrogen (secondary N) is 1. The van der Waals surface area contributed by atoms with Crippen LogP contribution in [0.25, 0.3) is 0 Å². The molecular formula is C14H15BrN2O3. The predicted octanol–water partition coefficient (Wildman–Crippen LogP) is 1.89. The quantitative estimate of drug-likeness (QED) is 0.837. The molecule has 5 nitrogen and oxygen atoms in total. The topological polar surface area (TPSA) is 66.5 Å². The second kappa shape index (κ2) is 5.01. The Morgan fingerprint density at radius 3 is 2.55 bits per heavy atom. The average Bonchev–Trinajstić information content (AvgIpc) is 2.53. The maximum absolute atomic E-state index is 12.0. The van der Waals surface area contributed by atoms with Gasteiger partial charge in [-0.1, -0.05) is 6.07 Å². The first-order valence-electron chi connectivity index (χ1n) is 6.16. The van der Waals surface area contributed by atoms with Crippen LogP contribution in [-0.4, -0.2) is 29.7 Å². The van der Waals surface area contributed by atoms with E-state index in [4.69, 9.17) is 0 Å². The first-order chi connectivity index (χ1) is 9.20. The molecule has 1 aliphatic heterocycles. The summed E-state index contributed by atoms with van der Waals surface area (Å²) < 4.78 is 0.623. The summed E-state index contributed by atoms with van der Waals surface area (Å²) in [5.74, 6) is -1.55. The molecule has 0 bridgehead atoms. The number of carbonyl (C=O) groups excluding carboxylic acids is 3. The van der Waals surface area contributed by atoms with Gasteiger partial charge in [0.1, 0.15) is 6.54 Å². The smallest absolute Gasteiger partial charge is 0.299 e. The van der Waals surface area contributed by atoms with Crippen molar-refractivity contribution in [2.75, 3.05) is 11.4 Å². The molecule has 1 aromatic rings. The van der Waals surface area contributed by atoms with E-state index in [1.54, 1.807) is 18.2 Å². The zero-order chi connectivity index (χ0) is 15.1. The summed E-state index contributed by atoms with van der Waals surface area (Å²) in [7, 11) is 0. The number of para-hydroxylation sites is 1. The highest BCUT2D eigenvalue weighted by Gasteiger charge is 2.38. The minimum atomic E-state index is -0.670. The molecule has 0 fully saturated rings. The van der Waals surface area contributed by atoms with E-state index in [1.807, 2.05) is 20.8 Å². The maximum atomic E-state index is 12.0. The zero-order valence-corrected chi connectivity index (χ0v) is 13.1. The molecule has 1 N–H and O–H groups in total. The third-order valence-corrected chi connectivity index (χ3v) is 3.40. The largest absolute Gasteiger partial charge is 0.350 e. The minimum Gasteiger partial charge on any atom is -0.350 e. The first-order valence-corrected chi connectivity index (χ1v) is 6.96. The Kier molecular flexibility index (Phi) is 3.69. The molecule has 0 unspecified atom stereocenters. The Hall–Kier alpha value is -1.69. The second-order valence-electron chi connectivity index (χ2n) is 5.65. The van der Waals surface area contributed by atoms with E-state index < -0.39 is 11.7 Å². The Labute approximate surface area is 125 Å². The summed E-state index contributed by atoms with van der Waals surface area (Å²) in [5, 5.41) is 2.77. The number of hydrogen-bond donors (Lipinski definition) is 1. The van der Waals surface area contributed by atoms with Crippen LogP contribution in [0.3, 0.4) is 0 Å². The summed E-state index contributed by atoms with van der Waals surface area (Å²) in [4.78, 5) is 37.0. The zero-order valence-electron chi connectivity index (χ0n) is 11.5. The molecule has 1 aliphatic rings. The number of benzene rings is 1. The van der Waals surface area contributed by atoms with E-state index in [0.29, 0.717) is 15.7 Å². The van der Waals surface area contributed by atoms with Crippen LogP contribution in [0.5, 0.6) is 0 Å². The highest BCUT2D eigenvalue weighted by Crippen LogP contribution is 2.35. The number of fused-ring (bicyclic) bond motifs is 1. The summed E-state index contributed by atoms with van der Waals surface area (Å²) in [5.41, 5.74) is 0.403. The molecule has 2 rings (SSSR count). The van der Waals surface area contributed by atoms with Gasteiger partial charge in [-0.05, 0) is 48.8 Å². The van der Waals surface area contributed by atoms with Gasteiger partial charge in [-0.2, -0.15) is 0 Å². The molecule has 1 heterocycles. The van der Waals surface area contributed by atoms with Gasteiger partial charge in [0, 0.05) is 10.0 Å². The third kappa shape index (κ3) is 2.75. The maximum Gasteiger partial charge on any atom is 0.299 e. The summed E-state index contributed by atoms with van der Waals surface area (Å²) in [6, 6.07) is 5.01. The van der Waals surface area contributed by atoms with E-state index in [9.17, 15) is 14.4 Å². The second-order valence-corrected chi connectivity index (χ2v) is 6.51. The number of carbonyl (C=O) groups is 3. The number of nitrogens with zero attached hydrogens (tertiary/aromatic N) is 1. The molecule has 0 aliphatic carbocycles. The molecule has 2 amide bonds. The molecule has 0 saturated carbocycles. The van der Waals surface area contributed by atoms with Crippen LogP contribution in [0.1, 0.15) is 31.1 Å². The standard InChI is InChI=1S/C14H15BrN2O3/c1-14(2,3)16-10(18)7-17-11-8(12(19)13(17)20)5-4-6-9(11)15/h4-6H,7H2,1-3H3,(H,16,18). The SMILES string of the molecule is CC(C)(C)NC(=O)CN1C(=O)C(=O)c2cccc(Br)c21. The van der Waals surface area contributed by atoms with Crippen molar-refractivity contribution in [3.8, 4) is 0 Å². The van der Waals surface area contributed by atoms with E-state index in [2.05, 4.69) is 21.2 Å². The molecule has 0 aromatic heterocycles. The summed E-state index contributed by atoms with van der Waals surface area (Å²) >= 11 is 3.32. The van der Waals surface area contributed by atoms with Gasteiger partial charge in [0.25, 0.3) is 11.7 Å². The number of hydrogen-bond acceptors (Lipinski definition) is 3. The Bertz CT molecular complexity index is 605. The van der Waals surface area contributed by atoms with Crippen molar-refractivity contribution in [2.45, 2.75) is 26.3 Å². The highest BCUT2D eigenvalue weighted by molar-refractivity contribution is 9.10. The van der Waals surface area contributed by atoms with E-state index in [0.717, 1.165) is 0 Å². The minimum absolute atomic E-state index is 0.169. The van der Waals surface area contributed by atoms with Crippen molar-refractivity contribution in [1.29, 1.82) is 0 Å². The number of Topliss-reactive ketones (excluding diaryl/α,β-unsaturated/α-hetero) is 1. The lowest BCUT2D eigenvalue weighted by Crippen LogP contribution is -2.47. The lowest BCUT2D eigenvalue weighted by Gasteiger charge is -2.23. The molecule has 106 valence electrons. The van der Waals surface area contributed by atoms with Gasteiger partial charge in [-0.25, -0.2) is 0 Å². The lowest BCUT2D eigenvalue weighted by atomic mass is 10.1. The van der Waals surface area contributed by atoms with Gasteiger partial charge >= 0.3 is 0 Å². The number of rotatable bonds is 2. The molecule has 0 saturated heterocycles. The van der Waals surface area contributed by atoms with Crippen LogP contribution in [-0.2, 0) is 9.59 Å². The van der Waals surface area contributed by atoms with E-state index >= 15 is 0 Å². The Morgan fingerprint density at radius 2 is 1.95 bits per heavy atom. The monoisotopic (exact) mass is 338 g/mol. The first kappa shape index (κ1) is 14.7. The Morgan fingerprint density at radius 1 is 1.30 bits per heavy atom. The van der Waals surface area contributed by atoms with Crippen molar-refractivity contribution in [3.05, 3.63) is 28.2 Å². The Balaban J connectivity index is 2.29. The summed E-state index contributed by atoms with van der Waals surface area (Å²) in [6.07, 6.45) is 0. The van der Waals surface area contributed by atoms with Crippen LogP contribution in [0.2, 0.25) is 0 Å². The molecule has 6 heteroatoms. The number of halogens is 1. The van der Waals surface area contributed by atoms with Crippen molar-refractivity contribution in [3.63, 3.8) is 0 Å². The molecule has 1 aromatic carbocycles. The van der Waals surface area contributed by atoms with E-state index in [1.165, 1.54) is 4.90 Å². The number of amides is 2. The molecular weight excluding hydrogens is 324 g/mol. The lowest BCUT2D eigenvalue weighted by molar-refractivity contribution is -0.123. The van der Waals surface area contributed by atoms with Gasteiger partial charge in [0.05, 0.1) is 11.3 Å². The van der Waals surface area contributed by atoms with Crippen LogP contribution >= 0.6 is 15.9 Å². The van der Waals surface area contributed by atoms with Crippen molar-refractivity contribution < 1.29 is 14.4 Å². The van der Waals surface area contributed by atoms with Gasteiger partial charge < -0.3 is 5.32 Å². The van der Waals surface area contributed by atoms with Crippen LogP contribution < -0.4 is 10.2 Å². The van der Waals surface area contributed by atoms with Crippen LogP contribution in [0.15, 0.2) is 22.7 Å². The fraction of sp³-hybridized carbons (Fsp3) is 0.357. The third-order valence-electron chi connectivity index (χ3n) is 2.76. The van der Waals surface area contributed by atoms with Gasteiger partial charge in [0.2, 0.25) is 5.91 Å². The molecule has 0 spiro atoms. The number of ketones is 1. The highest BCUT2D eigenvalue weighted by atomic mass is 79.9. The van der Waals surface area contributed by atoms with E-state index in [-0.39, 0.29) is 18.0 Å². The fourth-order valence-electron chi connectivity index (χ4n) is 2.06. The van der Waals surface area contributed by atoms with Gasteiger partial charge in [-0.15, -0.1) is 0 Å². The normalized spacial score (nSPS) is 14.5.